The molecule has 0 radical (unpaired) electrons. The van der Waals surface area contributed by atoms with Crippen LogP contribution in [0, 0.1) is 11.3 Å². The lowest BCUT2D eigenvalue weighted by Crippen LogP contribution is -2.54. The molecule has 30 heavy (non-hydrogen) atoms. The van der Waals surface area contributed by atoms with Crippen molar-refractivity contribution < 1.29 is 27.5 Å². The third kappa shape index (κ3) is 4.49. The van der Waals surface area contributed by atoms with Gasteiger partial charge in [-0.2, -0.15) is 13.2 Å². The van der Waals surface area contributed by atoms with Crippen molar-refractivity contribution in [2.75, 3.05) is 31.1 Å². The number of ether oxygens (including phenoxy) is 1. The van der Waals surface area contributed by atoms with Gasteiger partial charge in [0.15, 0.2) is 0 Å². The van der Waals surface area contributed by atoms with E-state index in [0.29, 0.717) is 51.1 Å². The molecular weight excluding hydrogens is 399 g/mol. The Morgan fingerprint density at radius 1 is 1.20 bits per heavy atom. The summed E-state index contributed by atoms with van der Waals surface area (Å²) >= 11 is 0. The number of alkyl halides is 3. The number of hydrogen-bond donors (Lipinski definition) is 1. The van der Waals surface area contributed by atoms with Crippen molar-refractivity contribution in [2.24, 2.45) is 17.1 Å². The van der Waals surface area contributed by atoms with Crippen LogP contribution in [0.25, 0.3) is 0 Å². The molecule has 2 atom stereocenters. The number of hydrogen-bond acceptors (Lipinski definition) is 4. The molecule has 0 unspecified atom stereocenters. The largest absolute Gasteiger partial charge is 0.446 e. The third-order valence-corrected chi connectivity index (χ3v) is 6.42. The van der Waals surface area contributed by atoms with Gasteiger partial charge in [0.2, 0.25) is 5.91 Å². The molecule has 3 rings (SSSR count). The molecule has 1 saturated carbocycles. The van der Waals surface area contributed by atoms with Crippen LogP contribution in [0.2, 0.25) is 0 Å². The average Bonchev–Trinajstić information content (AvgIpc) is 3.11. The number of rotatable bonds is 4. The third-order valence-electron chi connectivity index (χ3n) is 6.42. The smallest absolute Gasteiger partial charge is 0.416 e. The second kappa shape index (κ2) is 8.35. The Bertz CT molecular complexity index is 791. The summed E-state index contributed by atoms with van der Waals surface area (Å²) in [5.74, 6) is 0.0877. The number of amides is 2. The maximum Gasteiger partial charge on any atom is 0.416 e. The van der Waals surface area contributed by atoms with Crippen molar-refractivity contribution in [1.29, 1.82) is 0 Å². The summed E-state index contributed by atoms with van der Waals surface area (Å²) in [6.45, 7) is 5.77. The molecule has 2 aliphatic rings. The van der Waals surface area contributed by atoms with Crippen LogP contribution in [-0.4, -0.2) is 49.2 Å². The molecule has 1 heterocycles. The zero-order valence-corrected chi connectivity index (χ0v) is 17.2. The van der Waals surface area contributed by atoms with Gasteiger partial charge in [-0.15, -0.1) is 0 Å². The molecule has 6 nitrogen and oxygen atoms in total. The van der Waals surface area contributed by atoms with E-state index in [9.17, 15) is 22.8 Å². The maximum atomic E-state index is 13.4. The fraction of sp³-hybridized carbons (Fsp3) is 0.619. The summed E-state index contributed by atoms with van der Waals surface area (Å²) < 4.78 is 44.1. The van der Waals surface area contributed by atoms with Crippen LogP contribution in [0.4, 0.5) is 23.7 Å². The van der Waals surface area contributed by atoms with Gasteiger partial charge >= 0.3 is 12.3 Å². The van der Waals surface area contributed by atoms with Gasteiger partial charge in [0.25, 0.3) is 0 Å². The Hall–Kier alpha value is -2.45. The molecule has 1 aliphatic heterocycles. The molecule has 1 aromatic carbocycles. The number of primary amides is 1. The fourth-order valence-electron chi connectivity index (χ4n) is 4.62. The van der Waals surface area contributed by atoms with Crippen molar-refractivity contribution in [3.63, 3.8) is 0 Å². The standard InChI is InChI=1S/C21H28F3N3O3/c1-14(2)20(7-6-17(13-20)30-19(25)29)18(28)27-10-8-26(9-11-27)16-5-3-4-15(12-16)21(22,23)24/h3-5,12,14,17H,6-11,13H2,1-2H3,(H2,25,29)/t17-,20+/m1/s1. The highest BCUT2D eigenvalue weighted by molar-refractivity contribution is 5.84. The summed E-state index contributed by atoms with van der Waals surface area (Å²) in [6.07, 6.45) is -3.92. The van der Waals surface area contributed by atoms with Gasteiger partial charge in [-0.3, -0.25) is 4.79 Å². The van der Waals surface area contributed by atoms with E-state index in [1.54, 1.807) is 11.0 Å². The van der Waals surface area contributed by atoms with Crippen molar-refractivity contribution in [2.45, 2.75) is 45.4 Å². The van der Waals surface area contributed by atoms with E-state index in [2.05, 4.69) is 0 Å². The fourth-order valence-corrected chi connectivity index (χ4v) is 4.62. The van der Waals surface area contributed by atoms with Gasteiger partial charge in [0.1, 0.15) is 6.10 Å². The number of carbonyl (C=O) groups excluding carboxylic acids is 2. The predicted octanol–water partition coefficient (Wildman–Crippen LogP) is 3.64. The Morgan fingerprint density at radius 3 is 2.43 bits per heavy atom. The molecule has 0 spiro atoms. The number of nitrogens with two attached hydrogens (primary N) is 1. The molecule has 1 aliphatic carbocycles. The monoisotopic (exact) mass is 427 g/mol. The Balaban J connectivity index is 1.67. The predicted molar refractivity (Wildman–Crippen MR) is 106 cm³/mol. The van der Waals surface area contributed by atoms with Crippen molar-refractivity contribution in [1.82, 2.24) is 4.90 Å². The quantitative estimate of drug-likeness (QED) is 0.796. The summed E-state index contributed by atoms with van der Waals surface area (Å²) in [4.78, 5) is 28.2. The molecule has 1 saturated heterocycles. The minimum atomic E-state index is -4.39. The number of halogens is 3. The first kappa shape index (κ1) is 22.2. The lowest BCUT2D eigenvalue weighted by Gasteiger charge is -2.42. The van der Waals surface area contributed by atoms with E-state index in [1.807, 2.05) is 18.7 Å². The van der Waals surface area contributed by atoms with Gasteiger partial charge in [0, 0.05) is 31.9 Å². The Labute approximate surface area is 174 Å². The number of piperazine rings is 1. The molecule has 0 aromatic heterocycles. The van der Waals surface area contributed by atoms with Gasteiger partial charge in [-0.25, -0.2) is 4.79 Å². The van der Waals surface area contributed by atoms with E-state index >= 15 is 0 Å². The summed E-state index contributed by atoms with van der Waals surface area (Å²) in [6, 6.07) is 5.27. The molecule has 9 heteroatoms. The molecule has 1 aromatic rings. The minimum absolute atomic E-state index is 0.0248. The molecule has 166 valence electrons. The average molecular weight is 427 g/mol. The van der Waals surface area contributed by atoms with E-state index < -0.39 is 23.2 Å². The Kier molecular flexibility index (Phi) is 6.19. The Morgan fingerprint density at radius 2 is 1.87 bits per heavy atom. The normalized spacial score (nSPS) is 24.9. The van der Waals surface area contributed by atoms with Crippen LogP contribution in [0.1, 0.15) is 38.7 Å². The summed E-state index contributed by atoms with van der Waals surface area (Å²) in [5.41, 5.74) is 4.35. The lowest BCUT2D eigenvalue weighted by molar-refractivity contribution is -0.145. The first-order chi connectivity index (χ1) is 14.0. The van der Waals surface area contributed by atoms with E-state index in [0.717, 1.165) is 12.1 Å². The van der Waals surface area contributed by atoms with Gasteiger partial charge in [-0.05, 0) is 43.4 Å². The number of carbonyl (C=O) groups is 2. The highest BCUT2D eigenvalue weighted by Gasteiger charge is 2.50. The highest BCUT2D eigenvalue weighted by atomic mass is 19.4. The zero-order chi connectivity index (χ0) is 22.1. The molecule has 2 amide bonds. The van der Waals surface area contributed by atoms with Crippen LogP contribution in [0.3, 0.4) is 0 Å². The van der Waals surface area contributed by atoms with E-state index in [1.165, 1.54) is 6.07 Å². The topological polar surface area (TPSA) is 75.9 Å². The summed E-state index contributed by atoms with van der Waals surface area (Å²) in [5, 5.41) is 0. The van der Waals surface area contributed by atoms with Crippen molar-refractivity contribution in [3.05, 3.63) is 29.8 Å². The van der Waals surface area contributed by atoms with Gasteiger partial charge in [0.05, 0.1) is 11.0 Å². The maximum absolute atomic E-state index is 13.4. The minimum Gasteiger partial charge on any atom is -0.446 e. The number of benzene rings is 1. The number of nitrogens with zero attached hydrogens (tertiary/aromatic N) is 2. The first-order valence-corrected chi connectivity index (χ1v) is 10.2. The zero-order valence-electron chi connectivity index (χ0n) is 17.2. The van der Waals surface area contributed by atoms with Crippen molar-refractivity contribution >= 4 is 17.7 Å². The molecule has 2 N–H and O–H groups in total. The van der Waals surface area contributed by atoms with Crippen molar-refractivity contribution in [3.8, 4) is 0 Å². The molecule has 0 bridgehead atoms. The van der Waals surface area contributed by atoms with Crippen LogP contribution >= 0.6 is 0 Å². The van der Waals surface area contributed by atoms with Gasteiger partial charge < -0.3 is 20.3 Å². The second-order valence-corrected chi connectivity index (χ2v) is 8.44. The summed E-state index contributed by atoms with van der Waals surface area (Å²) in [7, 11) is 0. The first-order valence-electron chi connectivity index (χ1n) is 10.2. The van der Waals surface area contributed by atoms with Crippen LogP contribution < -0.4 is 10.6 Å². The van der Waals surface area contributed by atoms with Crippen LogP contribution in [-0.2, 0) is 15.7 Å². The molecule has 2 fully saturated rings. The second-order valence-electron chi connectivity index (χ2n) is 8.44. The molecular formula is C21H28F3N3O3. The van der Waals surface area contributed by atoms with Crippen LogP contribution in [0.5, 0.6) is 0 Å². The number of anilines is 1. The van der Waals surface area contributed by atoms with E-state index in [-0.39, 0.29) is 17.9 Å². The van der Waals surface area contributed by atoms with Gasteiger partial charge in [-0.1, -0.05) is 19.9 Å². The van der Waals surface area contributed by atoms with E-state index in [4.69, 9.17) is 10.5 Å². The van der Waals surface area contributed by atoms with Crippen LogP contribution in [0.15, 0.2) is 24.3 Å². The lowest BCUT2D eigenvalue weighted by atomic mass is 9.74. The SMILES string of the molecule is CC(C)[C@]1(C(=O)N2CCN(c3cccc(C(F)(F)F)c3)CC2)CC[C@@H](OC(N)=O)C1. The highest BCUT2D eigenvalue weighted by Crippen LogP contribution is 2.47.